The average molecular weight is 449 g/mol. The first-order valence-electron chi connectivity index (χ1n) is 8.84. The molecule has 0 aliphatic heterocycles. The number of carbonyl (C=O) groups excluding carboxylic acids is 1. The van der Waals surface area contributed by atoms with Crippen molar-refractivity contribution in [1.82, 2.24) is 24.7 Å². The summed E-state index contributed by atoms with van der Waals surface area (Å²) in [5, 5.41) is 13.3. The number of thioether (sulfide) groups is 2. The van der Waals surface area contributed by atoms with Crippen LogP contribution in [0.1, 0.15) is 22.8 Å². The number of benzene rings is 1. The fourth-order valence-corrected chi connectivity index (χ4v) is 4.32. The topological polar surface area (TPSA) is 85.6 Å². The van der Waals surface area contributed by atoms with Crippen LogP contribution in [0.2, 0.25) is 5.02 Å². The second-order valence-electron chi connectivity index (χ2n) is 6.48. The Bertz CT molecular complexity index is 1020. The molecule has 3 rings (SSSR count). The Morgan fingerprint density at radius 3 is 2.52 bits per heavy atom. The van der Waals surface area contributed by atoms with E-state index in [2.05, 4.69) is 25.5 Å². The van der Waals surface area contributed by atoms with Gasteiger partial charge in [0, 0.05) is 29.1 Å². The van der Waals surface area contributed by atoms with E-state index in [9.17, 15) is 4.79 Å². The van der Waals surface area contributed by atoms with E-state index in [1.165, 1.54) is 23.5 Å². The van der Waals surface area contributed by atoms with Crippen molar-refractivity contribution in [3.05, 3.63) is 52.1 Å². The number of aryl methyl sites for hydroxylation is 3. The summed E-state index contributed by atoms with van der Waals surface area (Å²) in [5.74, 6) is 1.50. The van der Waals surface area contributed by atoms with Gasteiger partial charge in [0.2, 0.25) is 5.91 Å². The van der Waals surface area contributed by atoms with Gasteiger partial charge in [-0.1, -0.05) is 41.2 Å². The Morgan fingerprint density at radius 2 is 1.83 bits per heavy atom. The molecule has 0 bridgehead atoms. The number of amides is 1. The number of hydrogen-bond acceptors (Lipinski definition) is 7. The first-order valence-corrected chi connectivity index (χ1v) is 11.2. The van der Waals surface area contributed by atoms with Crippen LogP contribution in [0.3, 0.4) is 0 Å². The van der Waals surface area contributed by atoms with Gasteiger partial charge in [0.25, 0.3) is 0 Å². The van der Waals surface area contributed by atoms with Gasteiger partial charge in [-0.2, -0.15) is 0 Å². The van der Waals surface area contributed by atoms with Crippen LogP contribution in [0.5, 0.6) is 0 Å². The summed E-state index contributed by atoms with van der Waals surface area (Å²) in [6, 6.07) is 7.39. The molecular weight excluding hydrogens is 428 g/mol. The molecule has 0 spiro atoms. The Hall–Kier alpha value is -2.10. The highest BCUT2D eigenvalue weighted by atomic mass is 35.5. The Labute approximate surface area is 183 Å². The molecule has 2 aromatic heterocycles. The lowest BCUT2D eigenvalue weighted by atomic mass is 10.2. The summed E-state index contributed by atoms with van der Waals surface area (Å²) >= 11 is 8.94. The fourth-order valence-electron chi connectivity index (χ4n) is 2.48. The lowest BCUT2D eigenvalue weighted by Gasteiger charge is -2.07. The molecule has 1 amide bonds. The Balaban J connectivity index is 1.54. The second-order valence-corrected chi connectivity index (χ2v) is 8.77. The zero-order valence-corrected chi connectivity index (χ0v) is 19.0. The molecule has 0 atom stereocenters. The van der Waals surface area contributed by atoms with E-state index in [4.69, 9.17) is 11.6 Å². The van der Waals surface area contributed by atoms with Gasteiger partial charge in [0.05, 0.1) is 11.5 Å². The van der Waals surface area contributed by atoms with E-state index in [0.717, 1.165) is 27.9 Å². The maximum absolute atomic E-state index is 12.2. The molecule has 1 N–H and O–H groups in total. The van der Waals surface area contributed by atoms with Crippen LogP contribution in [-0.4, -0.2) is 36.4 Å². The number of nitrogens with zero attached hydrogens (tertiary/aromatic N) is 5. The molecule has 10 heteroatoms. The van der Waals surface area contributed by atoms with Crippen molar-refractivity contribution in [2.75, 3.05) is 11.1 Å². The quantitative estimate of drug-likeness (QED) is 0.428. The van der Waals surface area contributed by atoms with Crippen LogP contribution in [0.15, 0.2) is 34.6 Å². The first-order chi connectivity index (χ1) is 13.8. The highest BCUT2D eigenvalue weighted by molar-refractivity contribution is 7.99. The van der Waals surface area contributed by atoms with Crippen LogP contribution in [0.4, 0.5) is 5.69 Å². The fraction of sp³-hybridized carbons (Fsp3) is 0.316. The molecule has 0 unspecified atom stereocenters. The van der Waals surface area contributed by atoms with Crippen LogP contribution >= 0.6 is 35.1 Å². The van der Waals surface area contributed by atoms with E-state index in [1.54, 1.807) is 6.07 Å². The number of hydrogen-bond donors (Lipinski definition) is 1. The zero-order valence-electron chi connectivity index (χ0n) is 16.6. The van der Waals surface area contributed by atoms with Crippen LogP contribution < -0.4 is 5.32 Å². The minimum Gasteiger partial charge on any atom is -0.325 e. The molecule has 0 aliphatic carbocycles. The maximum Gasteiger partial charge on any atom is 0.234 e. The molecule has 0 radical (unpaired) electrons. The summed E-state index contributed by atoms with van der Waals surface area (Å²) in [5.41, 5.74) is 3.52. The molecule has 0 saturated carbocycles. The standard InChI is InChI=1S/C19H21ClN6OS2/c1-11-5-6-14(8-15(11)20)23-17(27)10-29-19-25-24-16(26(19)4)9-28-18-21-12(2)7-13(3)22-18/h5-8H,9-10H2,1-4H3,(H,23,27). The average Bonchev–Trinajstić information content (AvgIpc) is 3.00. The Kier molecular flexibility index (Phi) is 7.15. The predicted molar refractivity (Wildman–Crippen MR) is 118 cm³/mol. The van der Waals surface area contributed by atoms with Crippen molar-refractivity contribution in [1.29, 1.82) is 0 Å². The second kappa shape index (κ2) is 9.60. The molecule has 0 aliphatic rings. The van der Waals surface area contributed by atoms with E-state index in [-0.39, 0.29) is 11.7 Å². The van der Waals surface area contributed by atoms with E-state index >= 15 is 0 Å². The first kappa shape index (κ1) is 21.6. The normalized spacial score (nSPS) is 10.9. The van der Waals surface area contributed by atoms with Gasteiger partial charge in [-0.05, 0) is 44.5 Å². The molecule has 3 aromatic rings. The van der Waals surface area contributed by atoms with Crippen LogP contribution in [0, 0.1) is 20.8 Å². The Morgan fingerprint density at radius 1 is 1.10 bits per heavy atom. The summed E-state index contributed by atoms with van der Waals surface area (Å²) in [7, 11) is 1.89. The zero-order chi connectivity index (χ0) is 21.0. The largest absolute Gasteiger partial charge is 0.325 e. The number of aromatic nitrogens is 5. The monoisotopic (exact) mass is 448 g/mol. The number of nitrogens with one attached hydrogen (secondary N) is 1. The SMILES string of the molecule is Cc1cc(C)nc(SCc2nnc(SCC(=O)Nc3ccc(C)c(Cl)c3)n2C)n1. The van der Waals surface area contributed by atoms with Gasteiger partial charge in [0.15, 0.2) is 10.3 Å². The van der Waals surface area contributed by atoms with Crippen molar-refractivity contribution in [2.24, 2.45) is 7.05 Å². The summed E-state index contributed by atoms with van der Waals surface area (Å²) in [6.07, 6.45) is 0. The van der Waals surface area contributed by atoms with E-state index in [1.807, 2.05) is 50.6 Å². The minimum absolute atomic E-state index is 0.127. The lowest BCUT2D eigenvalue weighted by molar-refractivity contribution is -0.113. The third-order valence-corrected chi connectivity index (χ3v) is 6.28. The molecule has 0 saturated heterocycles. The van der Waals surface area contributed by atoms with Gasteiger partial charge in [-0.25, -0.2) is 9.97 Å². The van der Waals surface area contributed by atoms with Crippen LogP contribution in [0.25, 0.3) is 0 Å². The highest BCUT2D eigenvalue weighted by Gasteiger charge is 2.13. The summed E-state index contributed by atoms with van der Waals surface area (Å²) in [4.78, 5) is 21.1. The van der Waals surface area contributed by atoms with Gasteiger partial charge in [-0.3, -0.25) is 4.79 Å². The van der Waals surface area contributed by atoms with Gasteiger partial charge >= 0.3 is 0 Å². The highest BCUT2D eigenvalue weighted by Crippen LogP contribution is 2.23. The van der Waals surface area contributed by atoms with E-state index in [0.29, 0.717) is 21.6 Å². The van der Waals surface area contributed by atoms with Crippen molar-refractivity contribution in [3.8, 4) is 0 Å². The third-order valence-electron chi connectivity index (χ3n) is 4.01. The minimum atomic E-state index is -0.127. The number of halogens is 1. The molecule has 29 heavy (non-hydrogen) atoms. The number of carbonyl (C=O) groups is 1. The third kappa shape index (κ3) is 5.94. The van der Waals surface area contributed by atoms with Crippen molar-refractivity contribution in [2.45, 2.75) is 36.8 Å². The number of anilines is 1. The summed E-state index contributed by atoms with van der Waals surface area (Å²) in [6.45, 7) is 5.82. The van der Waals surface area contributed by atoms with Gasteiger partial charge in [0.1, 0.15) is 5.82 Å². The number of rotatable bonds is 7. The van der Waals surface area contributed by atoms with Gasteiger partial charge in [-0.15, -0.1) is 10.2 Å². The molecule has 7 nitrogen and oxygen atoms in total. The van der Waals surface area contributed by atoms with Gasteiger partial charge < -0.3 is 9.88 Å². The smallest absolute Gasteiger partial charge is 0.234 e. The van der Waals surface area contributed by atoms with E-state index < -0.39 is 0 Å². The predicted octanol–water partition coefficient (Wildman–Crippen LogP) is 4.21. The summed E-state index contributed by atoms with van der Waals surface area (Å²) < 4.78 is 1.89. The van der Waals surface area contributed by atoms with Crippen LogP contribution in [-0.2, 0) is 17.6 Å². The van der Waals surface area contributed by atoms with Crippen molar-refractivity contribution < 1.29 is 4.79 Å². The maximum atomic E-state index is 12.2. The molecular formula is C19H21ClN6OS2. The molecule has 2 heterocycles. The van der Waals surface area contributed by atoms with Crippen molar-refractivity contribution in [3.63, 3.8) is 0 Å². The molecule has 1 aromatic carbocycles. The molecule has 0 fully saturated rings. The van der Waals surface area contributed by atoms with Crippen molar-refractivity contribution >= 4 is 46.7 Å². The lowest BCUT2D eigenvalue weighted by Crippen LogP contribution is -2.14. The molecule has 152 valence electrons.